The number of hydrogen-bond acceptors (Lipinski definition) is 5. The lowest BCUT2D eigenvalue weighted by Gasteiger charge is -2.22. The van der Waals surface area contributed by atoms with Crippen LogP contribution in [0.15, 0.2) is 23.4 Å². The number of nitrogens with zero attached hydrogens (tertiary/aromatic N) is 1. The van der Waals surface area contributed by atoms with Gasteiger partial charge in [-0.1, -0.05) is 6.07 Å². The summed E-state index contributed by atoms with van der Waals surface area (Å²) in [7, 11) is -3.58. The quantitative estimate of drug-likeness (QED) is 0.807. The summed E-state index contributed by atoms with van der Waals surface area (Å²) in [5.41, 5.74) is 0.583. The van der Waals surface area contributed by atoms with E-state index >= 15 is 0 Å². The van der Waals surface area contributed by atoms with E-state index in [2.05, 4.69) is 9.71 Å². The molecule has 100 valence electrons. The first-order valence-corrected chi connectivity index (χ1v) is 7.26. The van der Waals surface area contributed by atoms with Crippen LogP contribution in [0.2, 0.25) is 0 Å². The minimum Gasteiger partial charge on any atom is -0.392 e. The van der Waals surface area contributed by atoms with Gasteiger partial charge in [0.2, 0.25) is 0 Å². The van der Waals surface area contributed by atoms with Gasteiger partial charge >= 0.3 is 0 Å². The summed E-state index contributed by atoms with van der Waals surface area (Å²) < 4.78 is 31.8. The maximum absolute atomic E-state index is 12.0. The summed E-state index contributed by atoms with van der Waals surface area (Å²) in [6, 6.07) is 2.85. The van der Waals surface area contributed by atoms with Crippen LogP contribution in [-0.4, -0.2) is 37.8 Å². The number of aromatic nitrogens is 1. The molecule has 0 bridgehead atoms. The molecule has 18 heavy (non-hydrogen) atoms. The fraction of sp³-hybridized carbons (Fsp3) is 0.545. The van der Waals surface area contributed by atoms with Crippen LogP contribution in [0, 0.1) is 0 Å². The number of ether oxygens (including phenoxy) is 1. The van der Waals surface area contributed by atoms with E-state index in [1.165, 1.54) is 12.3 Å². The molecule has 1 fully saturated rings. The van der Waals surface area contributed by atoms with Crippen LogP contribution in [0.4, 0.5) is 0 Å². The number of aliphatic hydroxyl groups excluding tert-OH is 1. The maximum atomic E-state index is 12.0. The van der Waals surface area contributed by atoms with E-state index in [-0.39, 0.29) is 17.7 Å². The van der Waals surface area contributed by atoms with Gasteiger partial charge in [0, 0.05) is 25.5 Å². The minimum atomic E-state index is -3.58. The van der Waals surface area contributed by atoms with Gasteiger partial charge in [0.05, 0.1) is 6.61 Å². The highest BCUT2D eigenvalue weighted by atomic mass is 32.2. The van der Waals surface area contributed by atoms with Crippen LogP contribution in [0.3, 0.4) is 0 Å². The molecule has 2 N–H and O–H groups in total. The normalized spacial score (nSPS) is 17.8. The number of rotatable bonds is 4. The van der Waals surface area contributed by atoms with Crippen molar-refractivity contribution in [2.75, 3.05) is 13.2 Å². The Hall–Kier alpha value is -1.02. The monoisotopic (exact) mass is 272 g/mol. The lowest BCUT2D eigenvalue weighted by molar-refractivity contribution is 0.0832. The van der Waals surface area contributed by atoms with E-state index in [0.717, 1.165) is 0 Å². The highest BCUT2D eigenvalue weighted by molar-refractivity contribution is 7.89. The van der Waals surface area contributed by atoms with E-state index in [1.807, 2.05) is 0 Å². The molecule has 0 spiro atoms. The molecule has 0 aromatic carbocycles. The van der Waals surface area contributed by atoms with Crippen molar-refractivity contribution in [1.29, 1.82) is 0 Å². The van der Waals surface area contributed by atoms with Gasteiger partial charge in [-0.15, -0.1) is 0 Å². The Morgan fingerprint density at radius 3 is 2.67 bits per heavy atom. The molecule has 1 saturated heterocycles. The first-order chi connectivity index (χ1) is 8.62. The van der Waals surface area contributed by atoms with Crippen molar-refractivity contribution < 1.29 is 18.3 Å². The smallest absolute Gasteiger partial charge is 0.258 e. The summed E-state index contributed by atoms with van der Waals surface area (Å²) in [5, 5.41) is 8.85. The zero-order chi connectivity index (χ0) is 13.0. The fourth-order valence-electron chi connectivity index (χ4n) is 1.76. The van der Waals surface area contributed by atoms with Crippen LogP contribution in [0.1, 0.15) is 18.4 Å². The lowest BCUT2D eigenvalue weighted by atomic mass is 10.1. The Labute approximate surface area is 106 Å². The molecule has 1 aromatic rings. The van der Waals surface area contributed by atoms with Crippen molar-refractivity contribution in [3.63, 3.8) is 0 Å². The molecule has 0 aliphatic carbocycles. The lowest BCUT2D eigenvalue weighted by Crippen LogP contribution is -2.39. The largest absolute Gasteiger partial charge is 0.392 e. The van der Waals surface area contributed by atoms with Crippen LogP contribution in [0.5, 0.6) is 0 Å². The van der Waals surface area contributed by atoms with Crippen LogP contribution in [-0.2, 0) is 21.4 Å². The molecule has 1 aliphatic rings. The van der Waals surface area contributed by atoms with Crippen molar-refractivity contribution >= 4 is 10.0 Å². The highest BCUT2D eigenvalue weighted by Crippen LogP contribution is 2.12. The molecular weight excluding hydrogens is 256 g/mol. The predicted molar refractivity (Wildman–Crippen MR) is 64.3 cm³/mol. The average molecular weight is 272 g/mol. The van der Waals surface area contributed by atoms with Gasteiger partial charge in [0.25, 0.3) is 10.0 Å². The number of sulfonamides is 1. The van der Waals surface area contributed by atoms with E-state index in [9.17, 15) is 8.42 Å². The van der Waals surface area contributed by atoms with Crippen LogP contribution >= 0.6 is 0 Å². The Balaban J connectivity index is 2.08. The molecule has 0 unspecified atom stereocenters. The second kappa shape index (κ2) is 5.75. The number of hydrogen-bond donors (Lipinski definition) is 2. The molecule has 6 nitrogen and oxygen atoms in total. The van der Waals surface area contributed by atoms with Crippen molar-refractivity contribution in [2.45, 2.75) is 30.5 Å². The molecule has 2 heterocycles. The standard InChI is InChI=1S/C11H16N2O4S/c14-8-9-1-2-11(12-7-9)18(15,16)13-10-3-5-17-6-4-10/h1-2,7,10,13-14H,3-6,8H2. The number of pyridine rings is 1. The van der Waals surface area contributed by atoms with Gasteiger partial charge in [-0.2, -0.15) is 0 Å². The van der Waals surface area contributed by atoms with Crippen molar-refractivity contribution in [3.05, 3.63) is 23.9 Å². The molecule has 2 rings (SSSR count). The van der Waals surface area contributed by atoms with Gasteiger partial charge in [-0.25, -0.2) is 18.1 Å². The second-order valence-corrected chi connectivity index (χ2v) is 5.83. The summed E-state index contributed by atoms with van der Waals surface area (Å²) in [5.74, 6) is 0. The third-order valence-electron chi connectivity index (χ3n) is 2.80. The van der Waals surface area contributed by atoms with Crippen LogP contribution < -0.4 is 4.72 Å². The molecular formula is C11H16N2O4S. The Kier molecular flexibility index (Phi) is 4.28. The molecule has 7 heteroatoms. The summed E-state index contributed by atoms with van der Waals surface area (Å²) in [6.45, 7) is 0.995. The molecule has 0 radical (unpaired) electrons. The average Bonchev–Trinajstić information content (AvgIpc) is 2.39. The molecule has 0 amide bonds. The Bertz CT molecular complexity index is 480. The van der Waals surface area contributed by atoms with Gasteiger partial charge in [0.1, 0.15) is 0 Å². The second-order valence-electron chi connectivity index (χ2n) is 4.17. The SMILES string of the molecule is O=S(=O)(NC1CCOCC1)c1ccc(CO)cn1. The predicted octanol–water partition coefficient (Wildman–Crippen LogP) is 0.0312. The molecule has 1 aliphatic heterocycles. The number of nitrogens with one attached hydrogen (secondary N) is 1. The Morgan fingerprint density at radius 2 is 2.11 bits per heavy atom. The summed E-state index contributed by atoms with van der Waals surface area (Å²) in [6.07, 6.45) is 2.71. The number of aliphatic hydroxyl groups is 1. The van der Waals surface area contributed by atoms with Gasteiger partial charge < -0.3 is 9.84 Å². The third-order valence-corrected chi connectivity index (χ3v) is 4.23. The maximum Gasteiger partial charge on any atom is 0.258 e. The Morgan fingerprint density at radius 1 is 1.39 bits per heavy atom. The van der Waals surface area contributed by atoms with Crippen molar-refractivity contribution in [2.24, 2.45) is 0 Å². The summed E-state index contributed by atoms with van der Waals surface area (Å²) >= 11 is 0. The first kappa shape index (κ1) is 13.4. The highest BCUT2D eigenvalue weighted by Gasteiger charge is 2.22. The van der Waals surface area contributed by atoms with Crippen LogP contribution in [0.25, 0.3) is 0 Å². The topological polar surface area (TPSA) is 88.5 Å². The zero-order valence-electron chi connectivity index (χ0n) is 9.87. The molecule has 0 saturated carbocycles. The summed E-state index contributed by atoms with van der Waals surface area (Å²) in [4.78, 5) is 3.84. The zero-order valence-corrected chi connectivity index (χ0v) is 10.7. The van der Waals surface area contributed by atoms with E-state index < -0.39 is 10.0 Å². The fourth-order valence-corrected chi connectivity index (χ4v) is 2.99. The van der Waals surface area contributed by atoms with Gasteiger partial charge in [0.15, 0.2) is 5.03 Å². The van der Waals surface area contributed by atoms with Gasteiger partial charge in [-0.3, -0.25) is 0 Å². The van der Waals surface area contributed by atoms with Gasteiger partial charge in [-0.05, 0) is 24.5 Å². The van der Waals surface area contributed by atoms with E-state index in [4.69, 9.17) is 9.84 Å². The van der Waals surface area contributed by atoms with E-state index in [0.29, 0.717) is 31.6 Å². The van der Waals surface area contributed by atoms with Crippen molar-refractivity contribution in [1.82, 2.24) is 9.71 Å². The molecule has 0 atom stereocenters. The van der Waals surface area contributed by atoms with Crippen molar-refractivity contribution in [3.8, 4) is 0 Å². The minimum absolute atomic E-state index is 0.0220. The third kappa shape index (κ3) is 3.26. The molecule has 1 aromatic heterocycles. The first-order valence-electron chi connectivity index (χ1n) is 5.78. The van der Waals surface area contributed by atoms with E-state index in [1.54, 1.807) is 6.07 Å².